The summed E-state index contributed by atoms with van der Waals surface area (Å²) in [5.41, 5.74) is 4.08. The van der Waals surface area contributed by atoms with Gasteiger partial charge in [0.1, 0.15) is 11.6 Å². The van der Waals surface area contributed by atoms with Crippen LogP contribution in [0.5, 0.6) is 0 Å². The Kier molecular flexibility index (Phi) is 4.66. The summed E-state index contributed by atoms with van der Waals surface area (Å²) in [6.07, 6.45) is 5.70. The Morgan fingerprint density at radius 1 is 1.00 bits per heavy atom. The lowest BCUT2D eigenvalue weighted by Gasteiger charge is -2.30. The number of fused-ring (bicyclic) bond motifs is 1. The zero-order valence-electron chi connectivity index (χ0n) is 15.7. The molecule has 0 N–H and O–H groups in total. The van der Waals surface area contributed by atoms with Crippen LogP contribution in [-0.4, -0.2) is 52.3 Å². The normalized spacial score (nSPS) is 19.7. The van der Waals surface area contributed by atoms with E-state index in [1.54, 1.807) is 0 Å². The van der Waals surface area contributed by atoms with Crippen molar-refractivity contribution in [2.45, 2.75) is 18.9 Å². The fraction of sp³-hybridized carbons (Fsp3) is 0.364. The summed E-state index contributed by atoms with van der Waals surface area (Å²) in [6.45, 7) is 4.59. The van der Waals surface area contributed by atoms with Crippen LogP contribution in [0.25, 0.3) is 22.5 Å². The molecule has 0 radical (unpaired) electrons. The van der Waals surface area contributed by atoms with Gasteiger partial charge in [0.25, 0.3) is 0 Å². The lowest BCUT2D eigenvalue weighted by Crippen LogP contribution is -2.39. The van der Waals surface area contributed by atoms with Crippen LogP contribution < -0.4 is 0 Å². The van der Waals surface area contributed by atoms with Gasteiger partial charge in [0.15, 0.2) is 0 Å². The Bertz CT molecular complexity index is 949. The van der Waals surface area contributed by atoms with Gasteiger partial charge in [0.05, 0.1) is 24.6 Å². The number of halogens is 1. The van der Waals surface area contributed by atoms with E-state index < -0.39 is 0 Å². The van der Waals surface area contributed by atoms with Crippen LogP contribution in [0.3, 0.4) is 0 Å². The molecule has 1 saturated heterocycles. The first kappa shape index (κ1) is 17.5. The molecule has 1 aromatic carbocycles. The van der Waals surface area contributed by atoms with Crippen LogP contribution in [0, 0.1) is 5.82 Å². The second kappa shape index (κ2) is 7.45. The largest absolute Gasteiger partial charge is 0.379 e. The van der Waals surface area contributed by atoms with Crippen molar-refractivity contribution >= 4 is 0 Å². The Morgan fingerprint density at radius 2 is 1.75 bits per heavy atom. The predicted molar refractivity (Wildman–Crippen MR) is 105 cm³/mol. The van der Waals surface area contributed by atoms with Crippen molar-refractivity contribution in [1.82, 2.24) is 19.4 Å². The number of morpholine rings is 1. The average Bonchev–Trinajstić information content (AvgIpc) is 3.30. The molecule has 2 aliphatic heterocycles. The SMILES string of the molecule is Fc1ccc(-c2nc3n(c2-c2ccncc2)C(CN2CCOCC2)CC3)cc1. The highest BCUT2D eigenvalue weighted by molar-refractivity contribution is 5.79. The molecule has 0 amide bonds. The van der Waals surface area contributed by atoms with Crippen molar-refractivity contribution in [1.29, 1.82) is 0 Å². The van der Waals surface area contributed by atoms with Gasteiger partial charge in [0, 0.05) is 55.6 Å². The van der Waals surface area contributed by atoms with E-state index >= 15 is 0 Å². The average molecular weight is 378 g/mol. The number of benzene rings is 1. The molecule has 0 bridgehead atoms. The van der Waals surface area contributed by atoms with Gasteiger partial charge >= 0.3 is 0 Å². The lowest BCUT2D eigenvalue weighted by molar-refractivity contribution is 0.0320. The number of aryl methyl sites for hydroxylation is 1. The van der Waals surface area contributed by atoms with Gasteiger partial charge in [-0.25, -0.2) is 9.37 Å². The minimum atomic E-state index is -0.230. The van der Waals surface area contributed by atoms with Crippen LogP contribution in [0.2, 0.25) is 0 Å². The highest BCUT2D eigenvalue weighted by Gasteiger charge is 2.31. The van der Waals surface area contributed by atoms with E-state index in [1.807, 2.05) is 36.7 Å². The molecule has 6 heteroatoms. The third-order valence-electron chi connectivity index (χ3n) is 5.69. The van der Waals surface area contributed by atoms with E-state index in [0.717, 1.165) is 74.0 Å². The second-order valence-electron chi connectivity index (χ2n) is 7.44. The summed E-state index contributed by atoms with van der Waals surface area (Å²) in [6, 6.07) is 11.1. The molecular formula is C22H23FN4O. The van der Waals surface area contributed by atoms with Crippen LogP contribution in [-0.2, 0) is 11.2 Å². The first-order valence-corrected chi connectivity index (χ1v) is 9.87. The molecule has 5 nitrogen and oxygen atoms in total. The van der Waals surface area contributed by atoms with Crippen LogP contribution >= 0.6 is 0 Å². The zero-order valence-corrected chi connectivity index (χ0v) is 15.7. The summed E-state index contributed by atoms with van der Waals surface area (Å²) >= 11 is 0. The molecule has 2 aromatic heterocycles. The standard InChI is InChI=1S/C22H23FN4O/c23-18-3-1-16(2-4-18)21-22(17-7-9-24-10-8-17)27-19(5-6-20(27)25-21)15-26-11-13-28-14-12-26/h1-4,7-10,19H,5-6,11-15H2. The van der Waals surface area contributed by atoms with Gasteiger partial charge in [-0.1, -0.05) is 0 Å². The van der Waals surface area contributed by atoms with E-state index in [2.05, 4.69) is 14.5 Å². The van der Waals surface area contributed by atoms with Crippen LogP contribution in [0.15, 0.2) is 48.8 Å². The van der Waals surface area contributed by atoms with Crippen molar-refractivity contribution in [3.8, 4) is 22.5 Å². The van der Waals surface area contributed by atoms with Crippen molar-refractivity contribution in [2.75, 3.05) is 32.8 Å². The van der Waals surface area contributed by atoms with E-state index in [0.29, 0.717) is 6.04 Å². The first-order chi connectivity index (χ1) is 13.8. The zero-order chi connectivity index (χ0) is 18.9. The molecule has 2 aliphatic rings. The summed E-state index contributed by atoms with van der Waals surface area (Å²) in [4.78, 5) is 11.6. The molecule has 3 aromatic rings. The molecule has 28 heavy (non-hydrogen) atoms. The van der Waals surface area contributed by atoms with Gasteiger partial charge in [0.2, 0.25) is 0 Å². The van der Waals surface area contributed by atoms with E-state index in [1.165, 1.54) is 12.1 Å². The van der Waals surface area contributed by atoms with E-state index in [4.69, 9.17) is 9.72 Å². The maximum Gasteiger partial charge on any atom is 0.123 e. The minimum Gasteiger partial charge on any atom is -0.379 e. The number of rotatable bonds is 4. The van der Waals surface area contributed by atoms with Crippen molar-refractivity contribution in [2.24, 2.45) is 0 Å². The quantitative estimate of drug-likeness (QED) is 0.696. The number of hydrogen-bond donors (Lipinski definition) is 0. The van der Waals surface area contributed by atoms with Gasteiger partial charge in [-0.15, -0.1) is 0 Å². The summed E-state index contributed by atoms with van der Waals surface area (Å²) < 4.78 is 21.4. The fourth-order valence-electron chi connectivity index (χ4n) is 4.32. The molecule has 144 valence electrons. The molecule has 4 heterocycles. The Morgan fingerprint density at radius 3 is 2.50 bits per heavy atom. The number of pyridine rings is 1. The highest BCUT2D eigenvalue weighted by Crippen LogP contribution is 2.39. The van der Waals surface area contributed by atoms with E-state index in [9.17, 15) is 4.39 Å². The number of aromatic nitrogens is 3. The van der Waals surface area contributed by atoms with Crippen LogP contribution in [0.1, 0.15) is 18.3 Å². The molecule has 1 unspecified atom stereocenters. The van der Waals surface area contributed by atoms with E-state index in [-0.39, 0.29) is 5.82 Å². The third kappa shape index (κ3) is 3.23. The maximum absolute atomic E-state index is 13.5. The van der Waals surface area contributed by atoms with Gasteiger partial charge in [-0.3, -0.25) is 9.88 Å². The molecule has 1 atom stereocenters. The van der Waals surface area contributed by atoms with Gasteiger partial charge in [-0.2, -0.15) is 0 Å². The summed E-state index contributed by atoms with van der Waals surface area (Å²) in [7, 11) is 0. The number of nitrogens with zero attached hydrogens (tertiary/aromatic N) is 4. The van der Waals surface area contributed by atoms with Crippen molar-refractivity contribution in [3.63, 3.8) is 0 Å². The predicted octanol–water partition coefficient (Wildman–Crippen LogP) is 3.57. The number of ether oxygens (including phenoxy) is 1. The molecular weight excluding hydrogens is 355 g/mol. The summed E-state index contributed by atoms with van der Waals surface area (Å²) in [5, 5.41) is 0. The Labute approximate surface area is 163 Å². The molecule has 0 spiro atoms. The van der Waals surface area contributed by atoms with Crippen molar-refractivity contribution in [3.05, 3.63) is 60.4 Å². The lowest BCUT2D eigenvalue weighted by atomic mass is 10.0. The minimum absolute atomic E-state index is 0.230. The molecule has 0 aliphatic carbocycles. The molecule has 1 fully saturated rings. The second-order valence-corrected chi connectivity index (χ2v) is 7.44. The number of imidazole rings is 1. The Balaban J connectivity index is 1.58. The van der Waals surface area contributed by atoms with Gasteiger partial charge in [-0.05, 0) is 42.8 Å². The van der Waals surface area contributed by atoms with Crippen molar-refractivity contribution < 1.29 is 9.13 Å². The first-order valence-electron chi connectivity index (χ1n) is 9.87. The smallest absolute Gasteiger partial charge is 0.123 e. The monoisotopic (exact) mass is 378 g/mol. The molecule has 0 saturated carbocycles. The third-order valence-corrected chi connectivity index (χ3v) is 5.69. The summed E-state index contributed by atoms with van der Waals surface area (Å²) in [5.74, 6) is 0.885. The Hall–Kier alpha value is -2.57. The fourth-order valence-corrected chi connectivity index (χ4v) is 4.32. The maximum atomic E-state index is 13.5. The topological polar surface area (TPSA) is 43.2 Å². The highest BCUT2D eigenvalue weighted by atomic mass is 19.1. The molecule has 5 rings (SSSR count). The van der Waals surface area contributed by atoms with Gasteiger partial charge < -0.3 is 9.30 Å². The van der Waals surface area contributed by atoms with Crippen LogP contribution in [0.4, 0.5) is 4.39 Å². The number of hydrogen-bond acceptors (Lipinski definition) is 4.